The number of carbonyl (C=O) groups is 1. The number of hydrogen-bond donors (Lipinski definition) is 2. The van der Waals surface area contributed by atoms with Gasteiger partial charge in [-0.1, -0.05) is 25.0 Å². The Hall–Kier alpha value is -1.51. The van der Waals surface area contributed by atoms with Crippen molar-refractivity contribution < 1.29 is 4.79 Å². The summed E-state index contributed by atoms with van der Waals surface area (Å²) in [6.45, 7) is 0.689. The molecule has 1 atom stereocenters. The van der Waals surface area contributed by atoms with Crippen molar-refractivity contribution >= 4 is 11.6 Å². The Bertz CT molecular complexity index is 517. The van der Waals surface area contributed by atoms with E-state index in [9.17, 15) is 4.79 Å². The summed E-state index contributed by atoms with van der Waals surface area (Å²) in [4.78, 5) is 12.2. The van der Waals surface area contributed by atoms with Crippen molar-refractivity contribution in [2.45, 2.75) is 50.6 Å². The first kappa shape index (κ1) is 11.3. The lowest BCUT2D eigenvalue weighted by Crippen LogP contribution is -2.37. The van der Waals surface area contributed by atoms with Gasteiger partial charge in [0.2, 0.25) is 5.91 Å². The Balaban J connectivity index is 1.64. The Morgan fingerprint density at radius 1 is 1.16 bits per heavy atom. The minimum Gasteiger partial charge on any atom is -0.373 e. The van der Waals surface area contributed by atoms with E-state index in [1.165, 1.54) is 42.5 Å². The van der Waals surface area contributed by atoms with Crippen molar-refractivity contribution in [1.82, 2.24) is 5.32 Å². The highest BCUT2D eigenvalue weighted by atomic mass is 16.2. The first-order valence-electron chi connectivity index (χ1n) is 7.47. The maximum absolute atomic E-state index is 12.2. The van der Waals surface area contributed by atoms with E-state index in [0.29, 0.717) is 6.54 Å². The summed E-state index contributed by atoms with van der Waals surface area (Å²) in [6.07, 6.45) is 6.17. The molecule has 1 amide bonds. The van der Waals surface area contributed by atoms with E-state index in [0.717, 1.165) is 18.3 Å². The number of amides is 1. The van der Waals surface area contributed by atoms with Gasteiger partial charge in [-0.2, -0.15) is 0 Å². The molecule has 3 aliphatic rings. The van der Waals surface area contributed by atoms with Crippen LogP contribution in [0.3, 0.4) is 0 Å². The predicted molar refractivity (Wildman–Crippen MR) is 75.0 cm³/mol. The van der Waals surface area contributed by atoms with Gasteiger partial charge in [0.05, 0.1) is 0 Å². The first-order valence-corrected chi connectivity index (χ1v) is 7.47. The molecule has 1 aromatic rings. The topological polar surface area (TPSA) is 41.1 Å². The van der Waals surface area contributed by atoms with Gasteiger partial charge in [-0.3, -0.25) is 4.79 Å². The number of nitrogens with one attached hydrogen (secondary N) is 2. The molecule has 3 nitrogen and oxygen atoms in total. The molecule has 0 aromatic heterocycles. The molecule has 100 valence electrons. The zero-order valence-electron chi connectivity index (χ0n) is 11.1. The fourth-order valence-corrected chi connectivity index (χ4v) is 3.12. The van der Waals surface area contributed by atoms with E-state index >= 15 is 0 Å². The summed E-state index contributed by atoms with van der Waals surface area (Å²) >= 11 is 0. The highest BCUT2D eigenvalue weighted by molar-refractivity contribution is 5.86. The standard InChI is InChI=1S/C16H20N2O/c19-16-15(8-10-4-5-10)18-14-3-1-2-12(11-6-7-11)13(14)9-17-16/h1-3,10-11,15,18H,4-9H2,(H,17,19). The van der Waals surface area contributed by atoms with Crippen molar-refractivity contribution in [2.24, 2.45) is 5.92 Å². The first-order chi connectivity index (χ1) is 9.31. The second-order valence-corrected chi connectivity index (χ2v) is 6.24. The highest BCUT2D eigenvalue weighted by Gasteiger charge is 2.33. The molecule has 19 heavy (non-hydrogen) atoms. The van der Waals surface area contributed by atoms with Crippen LogP contribution in [0.1, 0.15) is 49.1 Å². The Morgan fingerprint density at radius 3 is 2.74 bits per heavy atom. The van der Waals surface area contributed by atoms with Gasteiger partial charge in [0.25, 0.3) is 0 Å². The number of benzene rings is 1. The van der Waals surface area contributed by atoms with E-state index in [1.807, 2.05) is 0 Å². The third kappa shape index (κ3) is 2.22. The van der Waals surface area contributed by atoms with Crippen LogP contribution in [0, 0.1) is 5.92 Å². The summed E-state index contributed by atoms with van der Waals surface area (Å²) in [5.41, 5.74) is 3.93. The average molecular weight is 256 g/mol. The molecule has 1 heterocycles. The maximum Gasteiger partial charge on any atom is 0.242 e. The minimum atomic E-state index is -0.0387. The lowest BCUT2D eigenvalue weighted by molar-refractivity contribution is -0.122. The second kappa shape index (κ2) is 4.26. The number of carbonyl (C=O) groups excluding carboxylic acids is 1. The van der Waals surface area contributed by atoms with Crippen LogP contribution in [0.25, 0.3) is 0 Å². The highest BCUT2D eigenvalue weighted by Crippen LogP contribution is 2.44. The lowest BCUT2D eigenvalue weighted by Gasteiger charge is -2.16. The predicted octanol–water partition coefficient (Wildman–Crippen LogP) is 2.77. The second-order valence-electron chi connectivity index (χ2n) is 6.24. The number of anilines is 1. The zero-order valence-corrected chi connectivity index (χ0v) is 11.1. The van der Waals surface area contributed by atoms with E-state index in [2.05, 4.69) is 28.8 Å². The monoisotopic (exact) mass is 256 g/mol. The van der Waals surface area contributed by atoms with Gasteiger partial charge in [0.1, 0.15) is 6.04 Å². The van der Waals surface area contributed by atoms with Crippen LogP contribution in [-0.4, -0.2) is 11.9 Å². The summed E-state index contributed by atoms with van der Waals surface area (Å²) in [6, 6.07) is 6.44. The van der Waals surface area contributed by atoms with Gasteiger partial charge in [-0.25, -0.2) is 0 Å². The summed E-state index contributed by atoms with van der Waals surface area (Å²) in [7, 11) is 0. The van der Waals surface area contributed by atoms with Crippen molar-refractivity contribution in [2.75, 3.05) is 5.32 Å². The van der Waals surface area contributed by atoms with Crippen LogP contribution >= 0.6 is 0 Å². The largest absolute Gasteiger partial charge is 0.373 e. The van der Waals surface area contributed by atoms with Gasteiger partial charge in [-0.15, -0.1) is 0 Å². The van der Waals surface area contributed by atoms with Crippen LogP contribution in [0.4, 0.5) is 5.69 Å². The van der Waals surface area contributed by atoms with E-state index < -0.39 is 0 Å². The third-order valence-corrected chi connectivity index (χ3v) is 4.58. The molecule has 1 aliphatic heterocycles. The molecular formula is C16H20N2O. The fraction of sp³-hybridized carbons (Fsp3) is 0.562. The third-order valence-electron chi connectivity index (χ3n) is 4.58. The van der Waals surface area contributed by atoms with Gasteiger partial charge < -0.3 is 10.6 Å². The van der Waals surface area contributed by atoms with Gasteiger partial charge >= 0.3 is 0 Å². The molecule has 4 rings (SSSR count). The van der Waals surface area contributed by atoms with Crippen LogP contribution in [0.5, 0.6) is 0 Å². The van der Waals surface area contributed by atoms with E-state index in [4.69, 9.17) is 0 Å². The molecule has 2 N–H and O–H groups in total. The average Bonchev–Trinajstić information content (AvgIpc) is 3.27. The molecule has 2 aliphatic carbocycles. The molecule has 1 aromatic carbocycles. The molecular weight excluding hydrogens is 236 g/mol. The Labute approximate surface area is 113 Å². The van der Waals surface area contributed by atoms with Crippen molar-refractivity contribution in [3.63, 3.8) is 0 Å². The SMILES string of the molecule is O=C1NCc2c(cccc2C2CC2)NC1CC1CC1. The summed E-state index contributed by atoms with van der Waals surface area (Å²) < 4.78 is 0. The quantitative estimate of drug-likeness (QED) is 0.873. The fourth-order valence-electron chi connectivity index (χ4n) is 3.12. The maximum atomic E-state index is 12.2. The zero-order chi connectivity index (χ0) is 12.8. The molecule has 0 radical (unpaired) electrons. The van der Waals surface area contributed by atoms with Crippen LogP contribution < -0.4 is 10.6 Å². The minimum absolute atomic E-state index is 0.0387. The van der Waals surface area contributed by atoms with E-state index in [-0.39, 0.29) is 11.9 Å². The number of hydrogen-bond acceptors (Lipinski definition) is 2. The van der Waals surface area contributed by atoms with Crippen molar-refractivity contribution in [3.8, 4) is 0 Å². The smallest absolute Gasteiger partial charge is 0.242 e. The van der Waals surface area contributed by atoms with Gasteiger partial charge in [-0.05, 0) is 48.3 Å². The molecule has 1 unspecified atom stereocenters. The summed E-state index contributed by atoms with van der Waals surface area (Å²) in [5, 5.41) is 6.60. The molecule has 0 bridgehead atoms. The molecule has 2 saturated carbocycles. The molecule has 0 saturated heterocycles. The van der Waals surface area contributed by atoms with E-state index in [1.54, 1.807) is 0 Å². The Morgan fingerprint density at radius 2 is 2.00 bits per heavy atom. The lowest BCUT2D eigenvalue weighted by atomic mass is 10.0. The van der Waals surface area contributed by atoms with Crippen LogP contribution in [0.2, 0.25) is 0 Å². The van der Waals surface area contributed by atoms with Crippen LogP contribution in [-0.2, 0) is 11.3 Å². The molecule has 2 fully saturated rings. The van der Waals surface area contributed by atoms with Crippen molar-refractivity contribution in [3.05, 3.63) is 29.3 Å². The van der Waals surface area contributed by atoms with Gasteiger partial charge in [0.15, 0.2) is 0 Å². The van der Waals surface area contributed by atoms with Crippen molar-refractivity contribution in [1.29, 1.82) is 0 Å². The molecule has 3 heteroatoms. The summed E-state index contributed by atoms with van der Waals surface area (Å²) in [5.74, 6) is 1.66. The number of fused-ring (bicyclic) bond motifs is 1. The van der Waals surface area contributed by atoms with Gasteiger partial charge in [0, 0.05) is 12.2 Å². The molecule has 0 spiro atoms. The number of rotatable bonds is 3. The Kier molecular flexibility index (Phi) is 2.54. The van der Waals surface area contributed by atoms with Crippen LogP contribution in [0.15, 0.2) is 18.2 Å². The normalized spacial score (nSPS) is 26.1.